The fourth-order valence-electron chi connectivity index (χ4n) is 2.57. The lowest BCUT2D eigenvalue weighted by Crippen LogP contribution is -1.98. The zero-order valence-electron chi connectivity index (χ0n) is 9.99. The standard InChI is InChI=1S/C14H16N2O/c1-9-13(8-15)14(17-16-9)12-6-5-10-3-2-4-11(10)7-12/h5-7H,2-4,8,15H2,1H3. The monoisotopic (exact) mass is 228 g/mol. The lowest BCUT2D eigenvalue weighted by molar-refractivity contribution is 0.426. The summed E-state index contributed by atoms with van der Waals surface area (Å²) >= 11 is 0. The van der Waals surface area contributed by atoms with Gasteiger partial charge >= 0.3 is 0 Å². The molecule has 3 heteroatoms. The number of benzene rings is 1. The molecule has 0 amide bonds. The van der Waals surface area contributed by atoms with Crippen LogP contribution in [0, 0.1) is 6.92 Å². The van der Waals surface area contributed by atoms with Gasteiger partial charge in [-0.25, -0.2) is 0 Å². The van der Waals surface area contributed by atoms with Gasteiger partial charge in [-0.3, -0.25) is 0 Å². The van der Waals surface area contributed by atoms with Gasteiger partial charge in [-0.1, -0.05) is 17.3 Å². The van der Waals surface area contributed by atoms with E-state index in [0.29, 0.717) is 6.54 Å². The van der Waals surface area contributed by atoms with Crippen molar-refractivity contribution in [3.8, 4) is 11.3 Å². The summed E-state index contributed by atoms with van der Waals surface area (Å²) in [5.74, 6) is 0.833. The molecular formula is C14H16N2O. The van der Waals surface area contributed by atoms with Gasteiger partial charge in [0.25, 0.3) is 0 Å². The van der Waals surface area contributed by atoms with E-state index < -0.39 is 0 Å². The summed E-state index contributed by atoms with van der Waals surface area (Å²) in [6.45, 7) is 2.41. The van der Waals surface area contributed by atoms with Crippen molar-refractivity contribution in [2.45, 2.75) is 32.7 Å². The number of aromatic nitrogens is 1. The number of rotatable bonds is 2. The Morgan fingerprint density at radius 3 is 2.94 bits per heavy atom. The highest BCUT2D eigenvalue weighted by molar-refractivity contribution is 5.64. The van der Waals surface area contributed by atoms with Gasteiger partial charge in [-0.05, 0) is 43.4 Å². The average Bonchev–Trinajstić information content (AvgIpc) is 2.93. The van der Waals surface area contributed by atoms with Crippen LogP contribution in [0.4, 0.5) is 0 Å². The molecule has 1 aromatic heterocycles. The molecule has 1 aliphatic carbocycles. The van der Waals surface area contributed by atoms with Gasteiger partial charge in [-0.2, -0.15) is 0 Å². The number of nitrogens with two attached hydrogens (primary N) is 1. The Bertz CT molecular complexity index is 557. The van der Waals surface area contributed by atoms with E-state index in [9.17, 15) is 0 Å². The van der Waals surface area contributed by atoms with Crippen LogP contribution in [0.2, 0.25) is 0 Å². The second kappa shape index (κ2) is 4.00. The molecule has 2 N–H and O–H groups in total. The first-order chi connectivity index (χ1) is 8.29. The molecule has 0 bridgehead atoms. The maximum Gasteiger partial charge on any atom is 0.171 e. The van der Waals surface area contributed by atoms with Crippen molar-refractivity contribution < 1.29 is 4.52 Å². The maximum absolute atomic E-state index is 5.75. The van der Waals surface area contributed by atoms with Crippen LogP contribution >= 0.6 is 0 Å². The topological polar surface area (TPSA) is 52.0 Å². The number of fused-ring (bicyclic) bond motifs is 1. The molecule has 0 saturated heterocycles. The number of aryl methyl sites for hydroxylation is 3. The van der Waals surface area contributed by atoms with Gasteiger partial charge in [-0.15, -0.1) is 0 Å². The second-order valence-electron chi connectivity index (χ2n) is 4.62. The van der Waals surface area contributed by atoms with Crippen LogP contribution in [0.3, 0.4) is 0 Å². The van der Waals surface area contributed by atoms with Crippen LogP contribution in [0.1, 0.15) is 28.8 Å². The largest absolute Gasteiger partial charge is 0.356 e. The first-order valence-corrected chi connectivity index (χ1v) is 6.07. The van der Waals surface area contributed by atoms with E-state index >= 15 is 0 Å². The average molecular weight is 228 g/mol. The third-order valence-electron chi connectivity index (χ3n) is 3.55. The van der Waals surface area contributed by atoms with E-state index in [2.05, 4.69) is 23.4 Å². The lowest BCUT2D eigenvalue weighted by atomic mass is 10.0. The Morgan fingerprint density at radius 1 is 1.29 bits per heavy atom. The molecule has 0 fully saturated rings. The molecule has 0 aliphatic heterocycles. The fourth-order valence-corrected chi connectivity index (χ4v) is 2.57. The molecule has 0 unspecified atom stereocenters. The smallest absolute Gasteiger partial charge is 0.171 e. The van der Waals surface area contributed by atoms with Crippen molar-refractivity contribution >= 4 is 0 Å². The zero-order valence-corrected chi connectivity index (χ0v) is 9.99. The van der Waals surface area contributed by atoms with Gasteiger partial charge in [0.15, 0.2) is 5.76 Å². The summed E-state index contributed by atoms with van der Waals surface area (Å²) < 4.78 is 5.40. The van der Waals surface area contributed by atoms with Crippen molar-refractivity contribution in [1.82, 2.24) is 5.16 Å². The third-order valence-corrected chi connectivity index (χ3v) is 3.55. The molecular weight excluding hydrogens is 212 g/mol. The molecule has 0 radical (unpaired) electrons. The van der Waals surface area contributed by atoms with E-state index in [1.165, 1.54) is 30.4 Å². The van der Waals surface area contributed by atoms with Gasteiger partial charge in [0, 0.05) is 17.7 Å². The van der Waals surface area contributed by atoms with Crippen molar-refractivity contribution in [2.75, 3.05) is 0 Å². The normalized spacial score (nSPS) is 14.0. The highest BCUT2D eigenvalue weighted by Crippen LogP contribution is 2.30. The number of nitrogens with zero attached hydrogens (tertiary/aromatic N) is 1. The van der Waals surface area contributed by atoms with E-state index in [1.54, 1.807) is 0 Å². The predicted octanol–water partition coefficient (Wildman–Crippen LogP) is 2.60. The van der Waals surface area contributed by atoms with Gasteiger partial charge in [0.2, 0.25) is 0 Å². The molecule has 0 saturated carbocycles. The Balaban J connectivity index is 2.09. The molecule has 3 rings (SSSR count). The summed E-state index contributed by atoms with van der Waals surface area (Å²) in [6.07, 6.45) is 3.64. The van der Waals surface area contributed by atoms with Crippen molar-refractivity contribution in [3.05, 3.63) is 40.6 Å². The lowest BCUT2D eigenvalue weighted by Gasteiger charge is -2.03. The summed E-state index contributed by atoms with van der Waals surface area (Å²) in [6, 6.07) is 6.54. The molecule has 1 aromatic carbocycles. The van der Waals surface area contributed by atoms with Crippen molar-refractivity contribution in [3.63, 3.8) is 0 Å². The highest BCUT2D eigenvalue weighted by atomic mass is 16.5. The Morgan fingerprint density at radius 2 is 2.12 bits per heavy atom. The molecule has 0 atom stereocenters. The van der Waals surface area contributed by atoms with Crippen molar-refractivity contribution in [1.29, 1.82) is 0 Å². The van der Waals surface area contributed by atoms with Crippen LogP contribution in [-0.4, -0.2) is 5.16 Å². The van der Waals surface area contributed by atoms with Crippen LogP contribution in [0.5, 0.6) is 0 Å². The molecule has 1 heterocycles. The summed E-state index contributed by atoms with van der Waals surface area (Å²) in [4.78, 5) is 0. The van der Waals surface area contributed by atoms with Crippen molar-refractivity contribution in [2.24, 2.45) is 5.73 Å². The Hall–Kier alpha value is -1.61. The van der Waals surface area contributed by atoms with Crippen LogP contribution in [0.15, 0.2) is 22.7 Å². The minimum atomic E-state index is 0.474. The van der Waals surface area contributed by atoms with Crippen LogP contribution < -0.4 is 5.73 Å². The van der Waals surface area contributed by atoms with Crippen LogP contribution in [0.25, 0.3) is 11.3 Å². The molecule has 88 valence electrons. The van der Waals surface area contributed by atoms with E-state index in [4.69, 9.17) is 10.3 Å². The molecule has 17 heavy (non-hydrogen) atoms. The summed E-state index contributed by atoms with van der Waals surface area (Å²) in [5.41, 5.74) is 11.7. The van der Waals surface area contributed by atoms with E-state index in [1.807, 2.05) is 6.92 Å². The predicted molar refractivity (Wildman–Crippen MR) is 66.6 cm³/mol. The summed E-state index contributed by atoms with van der Waals surface area (Å²) in [7, 11) is 0. The first-order valence-electron chi connectivity index (χ1n) is 6.07. The second-order valence-corrected chi connectivity index (χ2v) is 4.62. The quantitative estimate of drug-likeness (QED) is 0.859. The summed E-state index contributed by atoms with van der Waals surface area (Å²) in [5, 5.41) is 4.00. The minimum absolute atomic E-state index is 0.474. The highest BCUT2D eigenvalue weighted by Gasteiger charge is 2.16. The van der Waals surface area contributed by atoms with Gasteiger partial charge in [0.1, 0.15) is 0 Å². The Kier molecular flexibility index (Phi) is 2.48. The molecule has 3 nitrogen and oxygen atoms in total. The number of hydrogen-bond acceptors (Lipinski definition) is 3. The maximum atomic E-state index is 5.75. The van der Waals surface area contributed by atoms with Gasteiger partial charge < -0.3 is 10.3 Å². The third kappa shape index (κ3) is 1.67. The van der Waals surface area contributed by atoms with E-state index in [0.717, 1.165) is 22.6 Å². The fraction of sp³-hybridized carbons (Fsp3) is 0.357. The molecule has 0 spiro atoms. The van der Waals surface area contributed by atoms with Gasteiger partial charge in [0.05, 0.1) is 5.69 Å². The van der Waals surface area contributed by atoms with Crippen LogP contribution in [-0.2, 0) is 19.4 Å². The SMILES string of the molecule is Cc1noc(-c2ccc3c(c2)CCC3)c1CN. The molecule has 1 aliphatic rings. The minimum Gasteiger partial charge on any atom is -0.356 e. The van der Waals surface area contributed by atoms with E-state index in [-0.39, 0.29) is 0 Å². The first kappa shape index (κ1) is 10.5. The zero-order chi connectivity index (χ0) is 11.8. The molecule has 2 aromatic rings. The Labute approximate surface area is 101 Å². The number of hydrogen-bond donors (Lipinski definition) is 1.